The predicted octanol–water partition coefficient (Wildman–Crippen LogP) is 8.15. The van der Waals surface area contributed by atoms with Gasteiger partial charge in [-0.3, -0.25) is 10.6 Å². The maximum Gasteiger partial charge on any atom is 0.411 e. The summed E-state index contributed by atoms with van der Waals surface area (Å²) in [6, 6.07) is 6.98. The van der Waals surface area contributed by atoms with Gasteiger partial charge in [-0.1, -0.05) is 72.3 Å². The van der Waals surface area contributed by atoms with Gasteiger partial charge in [0.2, 0.25) is 0 Å². The van der Waals surface area contributed by atoms with Crippen LogP contribution in [0.1, 0.15) is 105 Å². The molecule has 0 spiro atoms. The Bertz CT molecular complexity index is 718. The molecule has 1 aromatic rings. The third kappa shape index (κ3) is 18.9. The number of nitrogens with one attached hydrogen (secondary N) is 2. The number of benzene rings is 1. The van der Waals surface area contributed by atoms with Crippen molar-refractivity contribution in [3.05, 3.63) is 24.3 Å². The van der Waals surface area contributed by atoms with E-state index < -0.39 is 12.2 Å². The molecule has 8 heteroatoms. The summed E-state index contributed by atoms with van der Waals surface area (Å²) in [6.45, 7) is 16.1. The molecule has 40 heavy (non-hydrogen) atoms. The van der Waals surface area contributed by atoms with Crippen LogP contribution in [0, 0.1) is 0 Å². The number of rotatable bonds is 24. The van der Waals surface area contributed by atoms with E-state index in [4.69, 9.17) is 9.47 Å². The van der Waals surface area contributed by atoms with Gasteiger partial charge >= 0.3 is 12.2 Å². The van der Waals surface area contributed by atoms with Gasteiger partial charge in [-0.25, -0.2) is 9.59 Å². The highest BCUT2D eigenvalue weighted by Crippen LogP contribution is 2.16. The van der Waals surface area contributed by atoms with Gasteiger partial charge in [0.25, 0.3) is 0 Å². The predicted molar refractivity (Wildman–Crippen MR) is 167 cm³/mol. The molecule has 0 saturated heterocycles. The molecule has 0 fully saturated rings. The highest BCUT2D eigenvalue weighted by atomic mass is 16.6. The summed E-state index contributed by atoms with van der Waals surface area (Å²) >= 11 is 0. The number of carbonyl (C=O) groups excluding carboxylic acids is 2. The zero-order chi connectivity index (χ0) is 29.3. The topological polar surface area (TPSA) is 83.1 Å². The first-order valence-corrected chi connectivity index (χ1v) is 15.9. The highest BCUT2D eigenvalue weighted by molar-refractivity contribution is 5.88. The second kappa shape index (κ2) is 24.5. The second-order valence-corrected chi connectivity index (χ2v) is 10.5. The molecule has 0 saturated carbocycles. The van der Waals surface area contributed by atoms with Crippen molar-refractivity contribution in [2.24, 2.45) is 0 Å². The maximum atomic E-state index is 12.2. The molecule has 0 radical (unpaired) electrons. The SMILES string of the molecule is CCCCCCN(CC)CCCCOC(=O)Nc1cccc(NC(=O)OCCCCN(CC)CCCCCC)c1. The molecule has 0 aliphatic carbocycles. The van der Waals surface area contributed by atoms with Crippen LogP contribution >= 0.6 is 0 Å². The van der Waals surface area contributed by atoms with Gasteiger partial charge in [0.1, 0.15) is 0 Å². The fourth-order valence-corrected chi connectivity index (χ4v) is 4.57. The summed E-state index contributed by atoms with van der Waals surface area (Å²) in [6.07, 6.45) is 12.9. The second-order valence-electron chi connectivity index (χ2n) is 10.5. The van der Waals surface area contributed by atoms with Crippen molar-refractivity contribution >= 4 is 23.6 Å². The Morgan fingerprint density at radius 1 is 0.600 bits per heavy atom. The van der Waals surface area contributed by atoms with Crippen LogP contribution in [0.25, 0.3) is 0 Å². The monoisotopic (exact) mass is 562 g/mol. The third-order valence-electron chi connectivity index (χ3n) is 7.11. The average Bonchev–Trinajstić information content (AvgIpc) is 2.95. The number of carbonyl (C=O) groups is 2. The van der Waals surface area contributed by atoms with Crippen molar-refractivity contribution in [1.29, 1.82) is 0 Å². The number of ether oxygens (including phenoxy) is 2. The Hall–Kier alpha value is -2.32. The van der Waals surface area contributed by atoms with Gasteiger partial charge in [0.05, 0.1) is 13.2 Å². The fourth-order valence-electron chi connectivity index (χ4n) is 4.57. The summed E-state index contributed by atoms with van der Waals surface area (Å²) in [5, 5.41) is 5.47. The van der Waals surface area contributed by atoms with Gasteiger partial charge in [-0.15, -0.1) is 0 Å². The Balaban J connectivity index is 2.21. The normalized spacial score (nSPS) is 11.2. The smallest absolute Gasteiger partial charge is 0.411 e. The van der Waals surface area contributed by atoms with E-state index in [1.165, 1.54) is 51.4 Å². The van der Waals surface area contributed by atoms with Gasteiger partial charge in [-0.05, 0) is 96.0 Å². The molecule has 2 amide bonds. The molecule has 230 valence electrons. The van der Waals surface area contributed by atoms with Crippen LogP contribution < -0.4 is 10.6 Å². The molecule has 1 rings (SSSR count). The fraction of sp³-hybridized carbons (Fsp3) is 0.750. The molecule has 0 aliphatic heterocycles. The van der Waals surface area contributed by atoms with Crippen molar-refractivity contribution in [3.63, 3.8) is 0 Å². The van der Waals surface area contributed by atoms with E-state index in [1.54, 1.807) is 24.3 Å². The lowest BCUT2D eigenvalue weighted by Crippen LogP contribution is -2.26. The zero-order valence-corrected chi connectivity index (χ0v) is 26.0. The molecule has 8 nitrogen and oxygen atoms in total. The summed E-state index contributed by atoms with van der Waals surface area (Å²) in [5.74, 6) is 0. The van der Waals surface area contributed by atoms with Crippen LogP contribution in [-0.4, -0.2) is 74.5 Å². The van der Waals surface area contributed by atoms with E-state index >= 15 is 0 Å². The molecule has 1 aromatic carbocycles. The van der Waals surface area contributed by atoms with E-state index in [-0.39, 0.29) is 0 Å². The molecular formula is C32H58N4O4. The number of anilines is 2. The molecule has 0 heterocycles. The summed E-state index contributed by atoms with van der Waals surface area (Å²) in [7, 11) is 0. The molecule has 0 aromatic heterocycles. The lowest BCUT2D eigenvalue weighted by molar-refractivity contribution is 0.156. The zero-order valence-electron chi connectivity index (χ0n) is 26.0. The van der Waals surface area contributed by atoms with Crippen LogP contribution in [0.5, 0.6) is 0 Å². The van der Waals surface area contributed by atoms with Crippen LogP contribution in [0.4, 0.5) is 21.0 Å². The largest absolute Gasteiger partial charge is 0.449 e. The van der Waals surface area contributed by atoms with Crippen LogP contribution in [0.15, 0.2) is 24.3 Å². The minimum absolute atomic E-state index is 0.387. The minimum Gasteiger partial charge on any atom is -0.449 e. The van der Waals surface area contributed by atoms with E-state index in [2.05, 4.69) is 48.1 Å². The molecular weight excluding hydrogens is 504 g/mol. The summed E-state index contributed by atoms with van der Waals surface area (Å²) in [5.41, 5.74) is 1.12. The van der Waals surface area contributed by atoms with Crippen molar-refractivity contribution in [1.82, 2.24) is 9.80 Å². The van der Waals surface area contributed by atoms with Gasteiger partial charge in [0, 0.05) is 11.4 Å². The standard InChI is InChI=1S/C32H58N4O4/c1-5-9-11-13-22-35(7-3)24-15-17-26-39-31(37)33-29-20-19-21-30(28-29)34-32(38)40-27-18-16-25-36(8-4)23-14-12-10-6-2/h19-21,28H,5-18,22-27H2,1-4H3,(H,33,37)(H,34,38). The van der Waals surface area contributed by atoms with E-state index in [0.717, 1.165) is 65.0 Å². The number of hydrogen-bond acceptors (Lipinski definition) is 6. The third-order valence-corrected chi connectivity index (χ3v) is 7.11. The van der Waals surface area contributed by atoms with Crippen LogP contribution in [-0.2, 0) is 9.47 Å². The van der Waals surface area contributed by atoms with Crippen molar-refractivity contribution in [3.8, 4) is 0 Å². The average molecular weight is 563 g/mol. The van der Waals surface area contributed by atoms with Crippen molar-refractivity contribution in [2.75, 3.05) is 63.1 Å². The number of unbranched alkanes of at least 4 members (excludes halogenated alkanes) is 8. The molecule has 0 unspecified atom stereocenters. The van der Waals surface area contributed by atoms with Crippen LogP contribution in [0.2, 0.25) is 0 Å². The van der Waals surface area contributed by atoms with E-state index in [1.807, 2.05) is 0 Å². The first-order valence-electron chi connectivity index (χ1n) is 15.9. The molecule has 2 N–H and O–H groups in total. The molecule has 0 atom stereocenters. The Kier molecular flexibility index (Phi) is 21.8. The van der Waals surface area contributed by atoms with Gasteiger partial charge < -0.3 is 19.3 Å². The highest BCUT2D eigenvalue weighted by Gasteiger charge is 2.08. The van der Waals surface area contributed by atoms with Gasteiger partial charge in [0.15, 0.2) is 0 Å². The Morgan fingerprint density at radius 2 is 1.00 bits per heavy atom. The Labute approximate surface area is 244 Å². The first-order chi connectivity index (χ1) is 19.5. The lowest BCUT2D eigenvalue weighted by atomic mass is 10.2. The summed E-state index contributed by atoms with van der Waals surface area (Å²) in [4.78, 5) is 29.3. The number of hydrogen-bond donors (Lipinski definition) is 2. The maximum absolute atomic E-state index is 12.2. The summed E-state index contributed by atoms with van der Waals surface area (Å²) < 4.78 is 10.7. The minimum atomic E-state index is -0.488. The Morgan fingerprint density at radius 3 is 1.38 bits per heavy atom. The lowest BCUT2D eigenvalue weighted by Gasteiger charge is -2.20. The quantitative estimate of drug-likeness (QED) is 0.124. The van der Waals surface area contributed by atoms with E-state index in [9.17, 15) is 9.59 Å². The molecule has 0 aliphatic rings. The number of amides is 2. The van der Waals surface area contributed by atoms with Crippen LogP contribution in [0.3, 0.4) is 0 Å². The van der Waals surface area contributed by atoms with Gasteiger partial charge in [-0.2, -0.15) is 0 Å². The van der Waals surface area contributed by atoms with Crippen molar-refractivity contribution < 1.29 is 19.1 Å². The van der Waals surface area contributed by atoms with E-state index in [0.29, 0.717) is 24.6 Å². The van der Waals surface area contributed by atoms with Crippen molar-refractivity contribution in [2.45, 2.75) is 105 Å². The number of nitrogens with zero attached hydrogens (tertiary/aromatic N) is 2. The first kappa shape index (κ1) is 35.7. The molecule has 0 bridgehead atoms.